The van der Waals surface area contributed by atoms with Gasteiger partial charge in [0.05, 0.1) is 13.2 Å². The van der Waals surface area contributed by atoms with Gasteiger partial charge in [0.15, 0.2) is 0 Å². The maximum absolute atomic E-state index is 12.4. The predicted molar refractivity (Wildman–Crippen MR) is 66.4 cm³/mol. The maximum Gasteiger partial charge on any atom is 0.351 e. The van der Waals surface area contributed by atoms with Crippen LogP contribution in [0.3, 0.4) is 0 Å². The number of nitrogens with zero attached hydrogens (tertiary/aromatic N) is 1. The third-order valence-electron chi connectivity index (χ3n) is 2.15. The van der Waals surface area contributed by atoms with E-state index in [9.17, 15) is 4.57 Å². The summed E-state index contributed by atoms with van der Waals surface area (Å²) in [7, 11) is -3.40. The van der Waals surface area contributed by atoms with Gasteiger partial charge in [-0.3, -0.25) is 4.57 Å². The van der Waals surface area contributed by atoms with E-state index in [4.69, 9.17) is 20.5 Å². The Morgan fingerprint density at radius 2 is 2.00 bits per heavy atom. The van der Waals surface area contributed by atoms with Crippen molar-refractivity contribution in [2.75, 3.05) is 18.9 Å². The molecule has 1 aromatic rings. The molecule has 0 saturated heterocycles. The number of aromatic nitrogens is 1. The van der Waals surface area contributed by atoms with E-state index >= 15 is 0 Å². The average molecular weight is 259 g/mol. The topological polar surface area (TPSA) is 100 Å². The van der Waals surface area contributed by atoms with E-state index < -0.39 is 13.4 Å². The Morgan fingerprint density at radius 1 is 1.41 bits per heavy atom. The summed E-state index contributed by atoms with van der Waals surface area (Å²) in [5.41, 5.74) is 12.1. The van der Waals surface area contributed by atoms with Gasteiger partial charge in [-0.05, 0) is 19.9 Å². The molecular formula is C10H18N3O3P. The lowest BCUT2D eigenvalue weighted by Gasteiger charge is -2.23. The summed E-state index contributed by atoms with van der Waals surface area (Å²) in [6.07, 6.45) is 1.54. The molecule has 96 valence electrons. The average Bonchev–Trinajstić information content (AvgIpc) is 2.29. The van der Waals surface area contributed by atoms with Gasteiger partial charge in [0.2, 0.25) is 0 Å². The Bertz CT molecular complexity index is 404. The van der Waals surface area contributed by atoms with Crippen molar-refractivity contribution in [3.05, 3.63) is 23.9 Å². The second kappa shape index (κ2) is 6.12. The lowest BCUT2D eigenvalue weighted by molar-refractivity contribution is 0.212. The summed E-state index contributed by atoms with van der Waals surface area (Å²) < 4.78 is 22.7. The molecule has 0 unspecified atom stereocenters. The molecule has 0 aliphatic heterocycles. The standard InChI is InChI=1S/C10H18N3O3P/c1-3-15-17(14,16-4-2)10(12)8-6-5-7-13-9(8)11/h5-7,10H,3-4,12H2,1-2H3,(H2,11,13)/t10-/m1/s1. The van der Waals surface area contributed by atoms with E-state index in [1.165, 1.54) is 6.20 Å². The first kappa shape index (κ1) is 14.1. The van der Waals surface area contributed by atoms with Crippen LogP contribution < -0.4 is 11.5 Å². The van der Waals surface area contributed by atoms with Crippen LogP contribution in [-0.2, 0) is 13.6 Å². The van der Waals surface area contributed by atoms with Crippen LogP contribution in [0.15, 0.2) is 18.3 Å². The molecule has 6 nitrogen and oxygen atoms in total. The number of anilines is 1. The number of rotatable bonds is 6. The first-order chi connectivity index (χ1) is 8.05. The molecule has 17 heavy (non-hydrogen) atoms. The summed E-state index contributed by atoms with van der Waals surface area (Å²) >= 11 is 0. The van der Waals surface area contributed by atoms with Crippen molar-refractivity contribution >= 4 is 13.4 Å². The van der Waals surface area contributed by atoms with Gasteiger partial charge in [0.1, 0.15) is 11.6 Å². The third kappa shape index (κ3) is 3.26. The van der Waals surface area contributed by atoms with Crippen LogP contribution in [0, 0.1) is 0 Å². The molecule has 0 fully saturated rings. The van der Waals surface area contributed by atoms with Gasteiger partial charge in [0.25, 0.3) is 0 Å². The van der Waals surface area contributed by atoms with Crippen LogP contribution in [0.1, 0.15) is 25.2 Å². The number of hydrogen-bond donors (Lipinski definition) is 2. The van der Waals surface area contributed by atoms with E-state index in [1.54, 1.807) is 26.0 Å². The molecule has 0 radical (unpaired) electrons. The van der Waals surface area contributed by atoms with E-state index in [0.717, 1.165) is 0 Å². The fourth-order valence-electron chi connectivity index (χ4n) is 1.41. The predicted octanol–water partition coefficient (Wildman–Crippen LogP) is 1.89. The molecule has 1 heterocycles. The first-order valence-electron chi connectivity index (χ1n) is 5.40. The minimum atomic E-state index is -3.40. The highest BCUT2D eigenvalue weighted by molar-refractivity contribution is 7.54. The highest BCUT2D eigenvalue weighted by Crippen LogP contribution is 2.58. The first-order valence-corrected chi connectivity index (χ1v) is 7.01. The second-order valence-corrected chi connectivity index (χ2v) is 5.45. The molecule has 1 aromatic heterocycles. The molecule has 4 N–H and O–H groups in total. The molecule has 7 heteroatoms. The summed E-state index contributed by atoms with van der Waals surface area (Å²) in [6.45, 7) is 3.96. The van der Waals surface area contributed by atoms with Gasteiger partial charge in [-0.1, -0.05) is 6.07 Å². The molecule has 0 amide bonds. The highest BCUT2D eigenvalue weighted by Gasteiger charge is 2.35. The lowest BCUT2D eigenvalue weighted by Crippen LogP contribution is -2.17. The lowest BCUT2D eigenvalue weighted by atomic mass is 10.2. The van der Waals surface area contributed by atoms with Crippen molar-refractivity contribution in [3.63, 3.8) is 0 Å². The van der Waals surface area contributed by atoms with Crippen molar-refractivity contribution < 1.29 is 13.6 Å². The van der Waals surface area contributed by atoms with Crippen molar-refractivity contribution in [1.82, 2.24) is 4.98 Å². The maximum atomic E-state index is 12.4. The molecule has 0 aliphatic rings. The van der Waals surface area contributed by atoms with Crippen molar-refractivity contribution in [2.45, 2.75) is 19.6 Å². The fourth-order valence-corrected chi connectivity index (χ4v) is 3.08. The summed E-state index contributed by atoms with van der Waals surface area (Å²) in [5.74, 6) is -0.685. The summed E-state index contributed by atoms with van der Waals surface area (Å²) in [6, 6.07) is 3.34. The van der Waals surface area contributed by atoms with Crippen molar-refractivity contribution in [2.24, 2.45) is 5.73 Å². The Labute approximate surface area is 101 Å². The largest absolute Gasteiger partial charge is 0.383 e. The highest BCUT2D eigenvalue weighted by atomic mass is 31.2. The van der Waals surface area contributed by atoms with Crippen LogP contribution in [0.2, 0.25) is 0 Å². The smallest absolute Gasteiger partial charge is 0.351 e. The molecule has 1 rings (SSSR count). The second-order valence-electron chi connectivity index (χ2n) is 3.30. The van der Waals surface area contributed by atoms with Crippen LogP contribution in [-0.4, -0.2) is 18.2 Å². The van der Waals surface area contributed by atoms with Crippen LogP contribution in [0.4, 0.5) is 5.82 Å². The normalized spacial score (nSPS) is 13.6. The quantitative estimate of drug-likeness (QED) is 0.756. The Kier molecular flexibility index (Phi) is 5.08. The Balaban J connectivity index is 3.04. The van der Waals surface area contributed by atoms with Crippen molar-refractivity contribution in [3.8, 4) is 0 Å². The van der Waals surface area contributed by atoms with Crippen molar-refractivity contribution in [1.29, 1.82) is 0 Å². The molecule has 0 aliphatic carbocycles. The molecule has 0 spiro atoms. The van der Waals surface area contributed by atoms with Crippen LogP contribution >= 0.6 is 7.60 Å². The minimum Gasteiger partial charge on any atom is -0.383 e. The van der Waals surface area contributed by atoms with Gasteiger partial charge in [-0.2, -0.15) is 0 Å². The van der Waals surface area contributed by atoms with Gasteiger partial charge in [0, 0.05) is 11.8 Å². The Morgan fingerprint density at radius 3 is 2.47 bits per heavy atom. The number of pyridine rings is 1. The van der Waals surface area contributed by atoms with Gasteiger partial charge >= 0.3 is 7.60 Å². The SMILES string of the molecule is CCOP(=O)(OCC)[C@@H](N)c1cccnc1N. The molecule has 0 aromatic carbocycles. The van der Waals surface area contributed by atoms with Gasteiger partial charge in [-0.25, -0.2) is 4.98 Å². The van der Waals surface area contributed by atoms with E-state index in [0.29, 0.717) is 5.56 Å². The van der Waals surface area contributed by atoms with Crippen LogP contribution in [0.25, 0.3) is 0 Å². The fraction of sp³-hybridized carbons (Fsp3) is 0.500. The zero-order valence-electron chi connectivity index (χ0n) is 10.00. The van der Waals surface area contributed by atoms with Crippen LogP contribution in [0.5, 0.6) is 0 Å². The monoisotopic (exact) mass is 259 g/mol. The van der Waals surface area contributed by atoms with Gasteiger partial charge < -0.3 is 20.5 Å². The van der Waals surface area contributed by atoms with Gasteiger partial charge in [-0.15, -0.1) is 0 Å². The van der Waals surface area contributed by atoms with E-state index in [-0.39, 0.29) is 19.0 Å². The van der Waals surface area contributed by atoms with E-state index in [1.807, 2.05) is 0 Å². The van der Waals surface area contributed by atoms with E-state index in [2.05, 4.69) is 4.98 Å². The number of nitrogens with two attached hydrogens (primary N) is 2. The number of nitrogen functional groups attached to an aromatic ring is 1. The zero-order valence-corrected chi connectivity index (χ0v) is 10.9. The molecule has 0 bridgehead atoms. The number of hydrogen-bond acceptors (Lipinski definition) is 6. The molecule has 1 atom stereocenters. The summed E-state index contributed by atoms with van der Waals surface area (Å²) in [5, 5.41) is 0. The molecule has 0 saturated carbocycles. The minimum absolute atomic E-state index is 0.236. The molecular weight excluding hydrogens is 241 g/mol. The third-order valence-corrected chi connectivity index (χ3v) is 4.34. The zero-order chi connectivity index (χ0) is 12.9. The summed E-state index contributed by atoms with van der Waals surface area (Å²) in [4.78, 5) is 3.90. The Hall–Kier alpha value is -0.940.